The molecule has 4 rings (SSSR count). The average Bonchev–Trinajstić information content (AvgIpc) is 3.57. The van der Waals surface area contributed by atoms with Gasteiger partial charge in [0.15, 0.2) is 11.1 Å². The fourth-order valence-corrected chi connectivity index (χ4v) is 5.03. The molecule has 0 saturated heterocycles. The molecule has 0 bridgehead atoms. The average molecular weight is 561 g/mol. The predicted molar refractivity (Wildman–Crippen MR) is 125 cm³/mol. The first kappa shape index (κ1) is 27.8. The number of nitrogens with zero attached hydrogens (tertiary/aromatic N) is 5. The Morgan fingerprint density at radius 2 is 1.74 bits per heavy atom. The number of hydrogen-bond donors (Lipinski definition) is 1. The second-order valence-electron chi connectivity index (χ2n) is 9.96. The first-order valence-corrected chi connectivity index (χ1v) is 12.4. The van der Waals surface area contributed by atoms with E-state index >= 15 is 13.2 Å². The van der Waals surface area contributed by atoms with Crippen LogP contribution in [0.3, 0.4) is 0 Å². The van der Waals surface area contributed by atoms with Crippen molar-refractivity contribution in [2.24, 2.45) is 7.05 Å². The molecule has 2 atom stereocenters. The molecule has 0 amide bonds. The zero-order valence-electron chi connectivity index (χ0n) is 20.5. The summed E-state index contributed by atoms with van der Waals surface area (Å²) in [6, 6.07) is 2.52. The van der Waals surface area contributed by atoms with Crippen LogP contribution in [0, 0.1) is 11.3 Å². The first-order chi connectivity index (χ1) is 17.4. The normalized spacial score (nSPS) is 17.3. The van der Waals surface area contributed by atoms with E-state index in [9.17, 15) is 27.4 Å². The Morgan fingerprint density at radius 3 is 2.24 bits per heavy atom. The first-order valence-electron chi connectivity index (χ1n) is 11.3. The molecule has 3 aromatic rings. The molecule has 2 unspecified atom stereocenters. The molecule has 0 spiro atoms. The van der Waals surface area contributed by atoms with Gasteiger partial charge < -0.3 is 0 Å². The highest BCUT2D eigenvalue weighted by Gasteiger charge is 2.62. The summed E-state index contributed by atoms with van der Waals surface area (Å²) in [5.74, 6) is 0. The number of benzene rings is 1. The minimum Gasteiger partial charge on any atom is -0.294 e. The highest BCUT2D eigenvalue weighted by Crippen LogP contribution is 2.48. The maximum absolute atomic E-state index is 15.3. The smallest absolute Gasteiger partial charge is 0.294 e. The molecular formula is C23H22F6N6O2S. The van der Waals surface area contributed by atoms with Crippen molar-refractivity contribution in [3.63, 3.8) is 0 Å². The topological polar surface area (TPSA) is 106 Å². The second-order valence-corrected chi connectivity index (χ2v) is 11.9. The Balaban J connectivity index is 2.13. The van der Waals surface area contributed by atoms with Gasteiger partial charge in [0.2, 0.25) is 0 Å². The van der Waals surface area contributed by atoms with E-state index < -0.39 is 67.1 Å². The van der Waals surface area contributed by atoms with Gasteiger partial charge in [-0.3, -0.25) is 14.0 Å². The van der Waals surface area contributed by atoms with Gasteiger partial charge in [0.05, 0.1) is 45.0 Å². The highest BCUT2D eigenvalue weighted by molar-refractivity contribution is 7.84. The molecule has 1 N–H and O–H groups in total. The van der Waals surface area contributed by atoms with Crippen LogP contribution in [0.2, 0.25) is 0 Å². The summed E-state index contributed by atoms with van der Waals surface area (Å²) in [7, 11) is -1.33. The standard InChI is InChI=1S/C23H22F6N6O2S/c1-20(2,3)38(37)33-21(23(27,28)29,13-5-8-15(22(24,25)26)12(9-13)10-30)18-16-17(32-34(18)4)19(36)35(11-31-16)14-6-7-14/h5,8-9,11,14,33H,6-7H2,1-4H3. The third-order valence-electron chi connectivity index (χ3n) is 6.17. The van der Waals surface area contributed by atoms with E-state index in [1.807, 2.05) is 0 Å². The van der Waals surface area contributed by atoms with Crippen LogP contribution in [0.5, 0.6) is 0 Å². The number of hydrogen-bond acceptors (Lipinski definition) is 5. The molecule has 204 valence electrons. The monoisotopic (exact) mass is 560 g/mol. The third kappa shape index (κ3) is 4.49. The Morgan fingerprint density at radius 1 is 1.11 bits per heavy atom. The lowest BCUT2D eigenvalue weighted by atomic mass is 9.84. The highest BCUT2D eigenvalue weighted by atomic mass is 32.2. The Hall–Kier alpha value is -3.25. The number of fused-ring (bicyclic) bond motifs is 1. The van der Waals surface area contributed by atoms with Gasteiger partial charge in [-0.15, -0.1) is 0 Å². The summed E-state index contributed by atoms with van der Waals surface area (Å²) < 4.78 is 102. The molecule has 1 aromatic carbocycles. The Labute approximate surface area is 214 Å². The lowest BCUT2D eigenvalue weighted by molar-refractivity contribution is -0.183. The van der Waals surface area contributed by atoms with Gasteiger partial charge in [0.1, 0.15) is 5.52 Å². The summed E-state index contributed by atoms with van der Waals surface area (Å²) in [5.41, 5.74) is -9.14. The van der Waals surface area contributed by atoms with Crippen LogP contribution >= 0.6 is 0 Å². The fraction of sp³-hybridized carbons (Fsp3) is 0.478. The van der Waals surface area contributed by atoms with Crippen molar-refractivity contribution >= 4 is 22.0 Å². The van der Waals surface area contributed by atoms with E-state index in [0.717, 1.165) is 18.1 Å². The van der Waals surface area contributed by atoms with Gasteiger partial charge in [-0.05, 0) is 51.3 Å². The molecule has 15 heteroatoms. The van der Waals surface area contributed by atoms with Crippen molar-refractivity contribution in [3.8, 4) is 6.07 Å². The molecule has 1 fully saturated rings. The molecule has 2 aromatic heterocycles. The van der Waals surface area contributed by atoms with Gasteiger partial charge in [-0.25, -0.2) is 13.9 Å². The fourth-order valence-electron chi connectivity index (χ4n) is 4.12. The number of aryl methyl sites for hydroxylation is 1. The summed E-state index contributed by atoms with van der Waals surface area (Å²) >= 11 is 0. The Kier molecular flexibility index (Phi) is 6.51. The van der Waals surface area contributed by atoms with Crippen molar-refractivity contribution in [1.29, 1.82) is 5.26 Å². The SMILES string of the molecule is Cn1nc2c(=O)n(C3CC3)cnc2c1C(NS(=O)C(C)(C)C)(c1ccc(C(F)(F)F)c(C#N)c1)C(F)(F)F. The van der Waals surface area contributed by atoms with Crippen molar-refractivity contribution in [1.82, 2.24) is 24.1 Å². The van der Waals surface area contributed by atoms with Crippen LogP contribution in [0.1, 0.15) is 62.0 Å². The minimum absolute atomic E-state index is 0.156. The number of rotatable bonds is 5. The quantitative estimate of drug-likeness (QED) is 0.471. The maximum Gasteiger partial charge on any atom is 0.417 e. The Bertz CT molecular complexity index is 1540. The van der Waals surface area contributed by atoms with Crippen LogP contribution in [-0.4, -0.2) is 34.5 Å². The molecule has 8 nitrogen and oxygen atoms in total. The van der Waals surface area contributed by atoms with Gasteiger partial charge in [-0.1, -0.05) is 6.07 Å². The van der Waals surface area contributed by atoms with E-state index in [4.69, 9.17) is 0 Å². The van der Waals surface area contributed by atoms with Crippen molar-refractivity contribution in [2.75, 3.05) is 0 Å². The van der Waals surface area contributed by atoms with Gasteiger partial charge in [0, 0.05) is 13.1 Å². The van der Waals surface area contributed by atoms with E-state index in [0.29, 0.717) is 31.0 Å². The summed E-state index contributed by atoms with van der Waals surface area (Å²) in [6.45, 7) is 4.20. The van der Waals surface area contributed by atoms with E-state index in [1.165, 1.54) is 31.4 Å². The van der Waals surface area contributed by atoms with Crippen molar-refractivity contribution in [3.05, 3.63) is 57.3 Å². The second kappa shape index (κ2) is 8.91. The van der Waals surface area contributed by atoms with Gasteiger partial charge >= 0.3 is 12.4 Å². The van der Waals surface area contributed by atoms with E-state index in [1.54, 1.807) is 0 Å². The molecule has 0 aliphatic heterocycles. The van der Waals surface area contributed by atoms with Crippen LogP contribution in [0.4, 0.5) is 26.3 Å². The van der Waals surface area contributed by atoms with Crippen LogP contribution in [0.15, 0.2) is 29.3 Å². The lowest BCUT2D eigenvalue weighted by Gasteiger charge is -2.38. The zero-order valence-corrected chi connectivity index (χ0v) is 21.3. The minimum atomic E-state index is -5.37. The summed E-state index contributed by atoms with van der Waals surface area (Å²) in [4.78, 5) is 17.1. The molecular weight excluding hydrogens is 538 g/mol. The molecule has 1 aliphatic rings. The van der Waals surface area contributed by atoms with Crippen molar-refractivity contribution < 1.29 is 30.6 Å². The number of nitrogens with one attached hydrogen (secondary N) is 1. The molecule has 2 heterocycles. The molecule has 0 radical (unpaired) electrons. The molecule has 38 heavy (non-hydrogen) atoms. The van der Waals surface area contributed by atoms with Gasteiger partial charge in [0.25, 0.3) is 5.56 Å². The summed E-state index contributed by atoms with van der Waals surface area (Å²) in [6.07, 6.45) is -7.90. The maximum atomic E-state index is 15.3. The number of alkyl halides is 6. The van der Waals surface area contributed by atoms with Crippen molar-refractivity contribution in [2.45, 2.75) is 62.3 Å². The largest absolute Gasteiger partial charge is 0.417 e. The third-order valence-corrected chi connectivity index (χ3v) is 7.78. The van der Waals surface area contributed by atoms with Gasteiger partial charge in [-0.2, -0.15) is 36.7 Å². The van der Waals surface area contributed by atoms with Crippen LogP contribution in [-0.2, 0) is 29.7 Å². The predicted octanol–water partition coefficient (Wildman–Crippen LogP) is 4.21. The number of nitriles is 1. The molecule has 1 aliphatic carbocycles. The van der Waals surface area contributed by atoms with Crippen LogP contribution in [0.25, 0.3) is 11.0 Å². The zero-order chi connectivity index (χ0) is 28.4. The summed E-state index contributed by atoms with van der Waals surface area (Å²) in [5, 5.41) is 13.4. The number of aromatic nitrogens is 4. The lowest BCUT2D eigenvalue weighted by Crippen LogP contribution is -2.58. The van der Waals surface area contributed by atoms with Crippen LogP contribution < -0.4 is 10.3 Å². The number of halogens is 6. The van der Waals surface area contributed by atoms with E-state index in [2.05, 4.69) is 14.8 Å². The molecule has 1 saturated carbocycles. The van der Waals surface area contributed by atoms with E-state index in [-0.39, 0.29) is 11.6 Å².